The molecule has 1 amide bonds. The summed E-state index contributed by atoms with van der Waals surface area (Å²) >= 11 is 1.18. The van der Waals surface area contributed by atoms with Gasteiger partial charge in [0.2, 0.25) is 6.29 Å². The summed E-state index contributed by atoms with van der Waals surface area (Å²) in [7, 11) is 1.34. The van der Waals surface area contributed by atoms with Crippen LogP contribution in [0.5, 0.6) is 5.75 Å². The van der Waals surface area contributed by atoms with Crippen molar-refractivity contribution in [1.82, 2.24) is 9.88 Å². The number of aliphatic hydroxyl groups excluding tert-OH is 1. The molecule has 1 unspecified atom stereocenters. The van der Waals surface area contributed by atoms with Crippen molar-refractivity contribution in [2.24, 2.45) is 0 Å². The predicted octanol–water partition coefficient (Wildman–Crippen LogP) is 9.96. The number of amides is 1. The molecule has 0 bridgehead atoms. The Morgan fingerprint density at radius 2 is 1.53 bits per heavy atom. The first-order valence-electron chi connectivity index (χ1n) is 15.2. The molecule has 51 heavy (non-hydrogen) atoms. The van der Waals surface area contributed by atoms with E-state index in [2.05, 4.69) is 4.98 Å². The Balaban J connectivity index is 1.58. The number of benzene rings is 3. The average molecular weight is 749 g/mol. The van der Waals surface area contributed by atoms with Crippen LogP contribution in [0.4, 0.5) is 44.3 Å². The van der Waals surface area contributed by atoms with Crippen LogP contribution in [0.2, 0.25) is 0 Å². The van der Waals surface area contributed by atoms with E-state index < -0.39 is 71.9 Å². The summed E-state index contributed by atoms with van der Waals surface area (Å²) in [6.07, 6.45) is -19.2. The zero-order valence-electron chi connectivity index (χ0n) is 27.1. The van der Waals surface area contributed by atoms with Gasteiger partial charge in [0.05, 0.1) is 42.1 Å². The Morgan fingerprint density at radius 1 is 0.902 bits per heavy atom. The maximum atomic E-state index is 14.0. The number of ether oxygens (including phenoxy) is 3. The van der Waals surface area contributed by atoms with Crippen molar-refractivity contribution in [2.75, 3.05) is 13.7 Å². The van der Waals surface area contributed by atoms with Gasteiger partial charge in [0.25, 0.3) is 0 Å². The number of carbonyl (C=O) groups is 1. The normalized spacial score (nSPS) is 17.5. The third kappa shape index (κ3) is 7.94. The summed E-state index contributed by atoms with van der Waals surface area (Å²) in [5, 5.41) is 10.6. The van der Waals surface area contributed by atoms with Crippen LogP contribution in [0.25, 0.3) is 22.4 Å². The molecule has 0 aliphatic carbocycles. The number of halogens is 9. The molecule has 1 aliphatic rings. The standard InChI is InChI=1S/C34H29F9N2O5S/c1-5-49-30(46)29-44-27(17(3)51-29)18-6-9-26(48-4)25(13-18)24-8-7-21(32(35,36)37)12-20(24)15-45-16(2)28(50-31(45)47)19-10-22(33(38,39)40)14-23(11-19)34(41,42)43/h6-14,16,28,30,46H,5,15H2,1-4H3/t16-,28-,30?/m0/s1. The van der Waals surface area contributed by atoms with E-state index in [9.17, 15) is 49.4 Å². The second-order valence-electron chi connectivity index (χ2n) is 11.6. The maximum absolute atomic E-state index is 14.0. The van der Waals surface area contributed by atoms with Crippen LogP contribution in [0.3, 0.4) is 0 Å². The van der Waals surface area contributed by atoms with Crippen molar-refractivity contribution in [3.05, 3.63) is 92.3 Å². The number of alkyl halides is 9. The lowest BCUT2D eigenvalue weighted by molar-refractivity contribution is -0.143. The van der Waals surface area contributed by atoms with Gasteiger partial charge in [-0.2, -0.15) is 39.5 Å². The van der Waals surface area contributed by atoms with Crippen molar-refractivity contribution in [1.29, 1.82) is 0 Å². The molecule has 1 fully saturated rings. The Bertz CT molecular complexity index is 1890. The number of aromatic nitrogens is 1. The van der Waals surface area contributed by atoms with Crippen molar-refractivity contribution in [3.63, 3.8) is 0 Å². The molecule has 4 aromatic rings. The van der Waals surface area contributed by atoms with Gasteiger partial charge >= 0.3 is 24.6 Å². The fourth-order valence-corrected chi connectivity index (χ4v) is 6.61. The number of methoxy groups -OCH3 is 1. The van der Waals surface area contributed by atoms with E-state index in [4.69, 9.17) is 14.2 Å². The van der Waals surface area contributed by atoms with E-state index in [1.807, 2.05) is 0 Å². The first-order valence-corrected chi connectivity index (χ1v) is 16.0. The van der Waals surface area contributed by atoms with Crippen LogP contribution >= 0.6 is 11.3 Å². The Kier molecular flexibility index (Phi) is 10.4. The minimum absolute atomic E-state index is 0.0613. The van der Waals surface area contributed by atoms with Crippen LogP contribution in [0, 0.1) is 6.92 Å². The molecular weight excluding hydrogens is 719 g/mol. The maximum Gasteiger partial charge on any atom is 0.416 e. The third-order valence-corrected chi connectivity index (χ3v) is 9.22. The molecule has 0 radical (unpaired) electrons. The van der Waals surface area contributed by atoms with Gasteiger partial charge in [0.1, 0.15) is 16.9 Å². The van der Waals surface area contributed by atoms with Crippen LogP contribution in [-0.4, -0.2) is 40.8 Å². The highest BCUT2D eigenvalue weighted by Gasteiger charge is 2.44. The summed E-state index contributed by atoms with van der Waals surface area (Å²) in [6.45, 7) is 4.39. The number of hydrogen-bond acceptors (Lipinski definition) is 7. The molecule has 17 heteroatoms. The third-order valence-electron chi connectivity index (χ3n) is 8.22. The van der Waals surface area contributed by atoms with Gasteiger partial charge in [-0.3, -0.25) is 4.90 Å². The fraction of sp³-hybridized carbons (Fsp3) is 0.353. The van der Waals surface area contributed by atoms with Crippen molar-refractivity contribution in [2.45, 2.75) is 64.3 Å². The monoisotopic (exact) mass is 748 g/mol. The van der Waals surface area contributed by atoms with Crippen molar-refractivity contribution in [3.8, 4) is 28.1 Å². The van der Waals surface area contributed by atoms with Crippen LogP contribution in [0.15, 0.2) is 54.6 Å². The van der Waals surface area contributed by atoms with Gasteiger partial charge in [0, 0.05) is 22.6 Å². The number of carbonyl (C=O) groups excluding carboxylic acids is 1. The van der Waals surface area contributed by atoms with Crippen LogP contribution < -0.4 is 4.74 Å². The smallest absolute Gasteiger partial charge is 0.416 e. The van der Waals surface area contributed by atoms with Gasteiger partial charge in [-0.25, -0.2) is 9.78 Å². The molecule has 0 spiro atoms. The van der Waals surface area contributed by atoms with Gasteiger partial charge in [-0.05, 0) is 86.0 Å². The van der Waals surface area contributed by atoms with E-state index in [1.165, 1.54) is 31.4 Å². The van der Waals surface area contributed by atoms with Crippen molar-refractivity contribution < 1.29 is 63.6 Å². The predicted molar refractivity (Wildman–Crippen MR) is 167 cm³/mol. The lowest BCUT2D eigenvalue weighted by Gasteiger charge is -2.24. The molecule has 1 N–H and O–H groups in total. The quantitative estimate of drug-likeness (QED) is 0.136. The molecule has 3 atom stereocenters. The van der Waals surface area contributed by atoms with Gasteiger partial charge in [-0.1, -0.05) is 6.07 Å². The highest BCUT2D eigenvalue weighted by atomic mass is 32.1. The summed E-state index contributed by atoms with van der Waals surface area (Å²) in [5.74, 6) is 0.223. The molecule has 2 heterocycles. The zero-order valence-corrected chi connectivity index (χ0v) is 27.9. The minimum Gasteiger partial charge on any atom is -0.496 e. The van der Waals surface area contributed by atoms with E-state index in [-0.39, 0.29) is 40.1 Å². The van der Waals surface area contributed by atoms with Gasteiger partial charge < -0.3 is 19.3 Å². The summed E-state index contributed by atoms with van der Waals surface area (Å²) in [4.78, 5) is 19.2. The first-order chi connectivity index (χ1) is 23.7. The molecule has 0 saturated carbocycles. The first kappa shape index (κ1) is 37.9. The molecule has 274 valence electrons. The van der Waals surface area contributed by atoms with E-state index in [0.29, 0.717) is 28.3 Å². The zero-order chi connectivity index (χ0) is 37.6. The Labute approximate surface area is 289 Å². The van der Waals surface area contributed by atoms with Crippen molar-refractivity contribution >= 4 is 17.4 Å². The molecular formula is C34H29F9N2O5S. The molecule has 7 nitrogen and oxygen atoms in total. The molecule has 1 saturated heterocycles. The number of aliphatic hydroxyl groups is 1. The van der Waals surface area contributed by atoms with E-state index in [1.54, 1.807) is 32.0 Å². The number of thiazole rings is 1. The average Bonchev–Trinajstić information content (AvgIpc) is 3.58. The van der Waals surface area contributed by atoms with Crippen LogP contribution in [-0.2, 0) is 34.5 Å². The molecule has 1 aromatic heterocycles. The number of hydrogen-bond donors (Lipinski definition) is 1. The van der Waals surface area contributed by atoms with Gasteiger partial charge in [0.15, 0.2) is 0 Å². The van der Waals surface area contributed by atoms with E-state index in [0.717, 1.165) is 17.0 Å². The second-order valence-corrected chi connectivity index (χ2v) is 12.8. The van der Waals surface area contributed by atoms with Gasteiger partial charge in [-0.15, -0.1) is 11.3 Å². The fourth-order valence-electron chi connectivity index (χ4n) is 5.74. The number of nitrogens with zero attached hydrogens (tertiary/aromatic N) is 2. The molecule has 5 rings (SSSR count). The van der Waals surface area contributed by atoms with Crippen LogP contribution in [0.1, 0.15) is 63.9 Å². The SMILES string of the molecule is CCOC(O)c1nc(-c2ccc(OC)c(-c3ccc(C(F)(F)F)cc3CN3C(=O)O[C@H](c4cc(C(F)(F)F)cc(C(F)(F)F)c4)[C@@H]3C)c2)c(C)s1. The van der Waals surface area contributed by atoms with E-state index >= 15 is 0 Å². The highest BCUT2D eigenvalue weighted by Crippen LogP contribution is 2.44. The highest BCUT2D eigenvalue weighted by molar-refractivity contribution is 7.12. The molecule has 3 aromatic carbocycles. The Morgan fingerprint density at radius 3 is 2.10 bits per heavy atom. The summed E-state index contributed by atoms with van der Waals surface area (Å²) in [6, 6.07) is 7.20. The minimum atomic E-state index is -5.16. The molecule has 1 aliphatic heterocycles. The lowest BCUT2D eigenvalue weighted by Crippen LogP contribution is -2.32. The lowest BCUT2D eigenvalue weighted by atomic mass is 9.93. The number of rotatable bonds is 9. The second kappa shape index (κ2) is 14.0. The Hall–Kier alpha value is -4.35. The summed E-state index contributed by atoms with van der Waals surface area (Å²) in [5.41, 5.74) is -3.57. The number of cyclic esters (lactones) is 1. The largest absolute Gasteiger partial charge is 0.496 e. The topological polar surface area (TPSA) is 81.1 Å². The summed E-state index contributed by atoms with van der Waals surface area (Å²) < 4.78 is 139. The number of aryl methyl sites for hydroxylation is 1.